The van der Waals surface area contributed by atoms with Crippen LogP contribution in [0.15, 0.2) is 46.6 Å². The SMILES string of the molecule is CC(C)=CCC[C@@H](C)[C@H]1CC[C@H]2C(/C=C\C3=C(C)CC[C@@H](O)C3)=CCC[C@]12C. The zero-order valence-electron chi connectivity index (χ0n) is 18.9. The van der Waals surface area contributed by atoms with Gasteiger partial charge >= 0.3 is 0 Å². The van der Waals surface area contributed by atoms with E-state index in [9.17, 15) is 5.11 Å². The fraction of sp³-hybridized carbons (Fsp3) is 0.704. The first-order valence-electron chi connectivity index (χ1n) is 11.7. The molecule has 0 saturated heterocycles. The highest BCUT2D eigenvalue weighted by Gasteiger charge is 2.49. The Balaban J connectivity index is 1.70. The molecule has 0 aliphatic heterocycles. The van der Waals surface area contributed by atoms with Crippen molar-refractivity contribution in [3.63, 3.8) is 0 Å². The number of aliphatic hydroxyl groups is 1. The molecule has 1 saturated carbocycles. The van der Waals surface area contributed by atoms with Gasteiger partial charge in [-0.2, -0.15) is 0 Å². The highest BCUT2D eigenvalue weighted by atomic mass is 16.3. The maximum Gasteiger partial charge on any atom is 0.0583 e. The van der Waals surface area contributed by atoms with Gasteiger partial charge < -0.3 is 5.11 Å². The van der Waals surface area contributed by atoms with Crippen molar-refractivity contribution in [3.8, 4) is 0 Å². The molecule has 1 heteroatoms. The van der Waals surface area contributed by atoms with Crippen LogP contribution in [-0.2, 0) is 0 Å². The lowest BCUT2D eigenvalue weighted by Crippen LogP contribution is -2.35. The summed E-state index contributed by atoms with van der Waals surface area (Å²) in [5.74, 6) is 2.40. The van der Waals surface area contributed by atoms with E-state index in [1.807, 2.05) is 0 Å². The molecule has 1 fully saturated rings. The summed E-state index contributed by atoms with van der Waals surface area (Å²) in [7, 11) is 0. The Morgan fingerprint density at radius 1 is 1.25 bits per heavy atom. The Hall–Kier alpha value is -1.08. The average molecular weight is 383 g/mol. The third kappa shape index (κ3) is 4.73. The van der Waals surface area contributed by atoms with Crippen LogP contribution < -0.4 is 0 Å². The molecule has 0 aromatic rings. The highest BCUT2D eigenvalue weighted by Crippen LogP contribution is 2.58. The van der Waals surface area contributed by atoms with Gasteiger partial charge in [0.1, 0.15) is 0 Å². The first-order chi connectivity index (χ1) is 13.3. The van der Waals surface area contributed by atoms with E-state index in [1.165, 1.54) is 55.2 Å². The molecule has 0 spiro atoms. The van der Waals surface area contributed by atoms with Crippen LogP contribution >= 0.6 is 0 Å². The maximum absolute atomic E-state index is 10.0. The second kappa shape index (κ2) is 9.16. The van der Waals surface area contributed by atoms with E-state index < -0.39 is 0 Å². The average Bonchev–Trinajstić information content (AvgIpc) is 2.99. The molecule has 28 heavy (non-hydrogen) atoms. The highest BCUT2D eigenvalue weighted by molar-refractivity contribution is 5.36. The summed E-state index contributed by atoms with van der Waals surface area (Å²) in [5, 5.41) is 10.0. The second-order valence-corrected chi connectivity index (χ2v) is 10.4. The van der Waals surface area contributed by atoms with Crippen LogP contribution in [-0.4, -0.2) is 11.2 Å². The number of hydrogen-bond acceptors (Lipinski definition) is 1. The van der Waals surface area contributed by atoms with Gasteiger partial charge in [-0.05, 0) is 113 Å². The fourth-order valence-electron chi connectivity index (χ4n) is 6.30. The van der Waals surface area contributed by atoms with E-state index in [0.29, 0.717) is 5.41 Å². The fourth-order valence-corrected chi connectivity index (χ4v) is 6.30. The van der Waals surface area contributed by atoms with Gasteiger partial charge in [0.15, 0.2) is 0 Å². The molecule has 3 aliphatic carbocycles. The Bertz CT molecular complexity index is 672. The Morgan fingerprint density at radius 3 is 2.79 bits per heavy atom. The van der Waals surface area contributed by atoms with Crippen LogP contribution in [0.2, 0.25) is 0 Å². The standard InChI is InChI=1S/C27H42O/c1-19(2)8-6-9-21(4)25-15-16-26-22(10-7-17-27(25,26)5)12-13-23-18-24(28)14-11-20(23)3/h8,10,12-13,21,24-26,28H,6-7,9,11,14-18H2,1-5H3/b13-12-/t21-,24-,25-,26+,27-/m1/s1. The van der Waals surface area contributed by atoms with Crippen LogP contribution in [0.4, 0.5) is 0 Å². The predicted octanol–water partition coefficient (Wildman–Crippen LogP) is 7.54. The molecule has 0 unspecified atom stereocenters. The topological polar surface area (TPSA) is 20.2 Å². The van der Waals surface area contributed by atoms with Crippen LogP contribution in [0, 0.1) is 23.2 Å². The Morgan fingerprint density at radius 2 is 2.04 bits per heavy atom. The lowest BCUT2D eigenvalue weighted by molar-refractivity contribution is 0.110. The molecule has 0 aromatic heterocycles. The Labute approximate surface area is 173 Å². The van der Waals surface area contributed by atoms with Gasteiger partial charge in [0, 0.05) is 0 Å². The van der Waals surface area contributed by atoms with Crippen LogP contribution in [0.5, 0.6) is 0 Å². The largest absolute Gasteiger partial charge is 0.393 e. The van der Waals surface area contributed by atoms with Crippen LogP contribution in [0.3, 0.4) is 0 Å². The van der Waals surface area contributed by atoms with E-state index >= 15 is 0 Å². The minimum Gasteiger partial charge on any atom is -0.393 e. The lowest BCUT2D eigenvalue weighted by atomic mass is 9.62. The van der Waals surface area contributed by atoms with Gasteiger partial charge in [-0.25, -0.2) is 0 Å². The summed E-state index contributed by atoms with van der Waals surface area (Å²) < 4.78 is 0. The van der Waals surface area contributed by atoms with Gasteiger partial charge in [0.2, 0.25) is 0 Å². The molecule has 1 N–H and O–H groups in total. The van der Waals surface area contributed by atoms with E-state index in [1.54, 1.807) is 5.57 Å². The molecule has 3 aliphatic rings. The van der Waals surface area contributed by atoms with Gasteiger partial charge in [-0.3, -0.25) is 0 Å². The molecule has 0 radical (unpaired) electrons. The van der Waals surface area contributed by atoms with E-state index in [-0.39, 0.29) is 6.10 Å². The van der Waals surface area contributed by atoms with Crippen molar-refractivity contribution in [1.82, 2.24) is 0 Å². The summed E-state index contributed by atoms with van der Waals surface area (Å²) in [6.07, 6.45) is 20.2. The molecule has 0 amide bonds. The third-order valence-corrected chi connectivity index (χ3v) is 8.07. The van der Waals surface area contributed by atoms with Crippen molar-refractivity contribution in [3.05, 3.63) is 46.6 Å². The monoisotopic (exact) mass is 382 g/mol. The van der Waals surface area contributed by atoms with Gasteiger partial charge in [-0.1, -0.05) is 49.3 Å². The molecule has 0 bridgehead atoms. The molecule has 3 rings (SSSR count). The normalized spacial score (nSPS) is 34.4. The number of fused-ring (bicyclic) bond motifs is 1. The van der Waals surface area contributed by atoms with Crippen molar-refractivity contribution >= 4 is 0 Å². The van der Waals surface area contributed by atoms with Crippen molar-refractivity contribution in [1.29, 1.82) is 0 Å². The van der Waals surface area contributed by atoms with Crippen LogP contribution in [0.1, 0.15) is 92.4 Å². The summed E-state index contributed by atoms with van der Waals surface area (Å²) in [4.78, 5) is 0. The van der Waals surface area contributed by atoms with Crippen molar-refractivity contribution in [2.24, 2.45) is 23.2 Å². The minimum atomic E-state index is -0.147. The summed E-state index contributed by atoms with van der Waals surface area (Å²) >= 11 is 0. The maximum atomic E-state index is 10.0. The zero-order valence-corrected chi connectivity index (χ0v) is 18.9. The summed E-state index contributed by atoms with van der Waals surface area (Å²) in [6.45, 7) is 11.8. The molecule has 5 atom stereocenters. The van der Waals surface area contributed by atoms with Gasteiger partial charge in [0.05, 0.1) is 6.10 Å². The molecule has 156 valence electrons. The number of aliphatic hydroxyl groups excluding tert-OH is 1. The first kappa shape index (κ1) is 21.6. The second-order valence-electron chi connectivity index (χ2n) is 10.4. The zero-order chi connectivity index (χ0) is 20.3. The number of allylic oxidation sites excluding steroid dienone is 7. The minimum absolute atomic E-state index is 0.147. The van der Waals surface area contributed by atoms with Crippen LogP contribution in [0.25, 0.3) is 0 Å². The number of hydrogen-bond donors (Lipinski definition) is 1. The van der Waals surface area contributed by atoms with Crippen molar-refractivity contribution in [2.45, 2.75) is 98.5 Å². The molecule has 0 heterocycles. The molecular weight excluding hydrogens is 340 g/mol. The van der Waals surface area contributed by atoms with E-state index in [0.717, 1.165) is 37.0 Å². The summed E-state index contributed by atoms with van der Waals surface area (Å²) in [5.41, 5.74) is 6.34. The van der Waals surface area contributed by atoms with Gasteiger partial charge in [-0.15, -0.1) is 0 Å². The van der Waals surface area contributed by atoms with E-state index in [4.69, 9.17) is 0 Å². The lowest BCUT2D eigenvalue weighted by Gasteiger charge is -2.43. The third-order valence-electron chi connectivity index (χ3n) is 8.07. The van der Waals surface area contributed by atoms with Crippen molar-refractivity contribution in [2.75, 3.05) is 0 Å². The quantitative estimate of drug-likeness (QED) is 0.470. The smallest absolute Gasteiger partial charge is 0.0583 e. The van der Waals surface area contributed by atoms with E-state index in [2.05, 4.69) is 58.9 Å². The predicted molar refractivity (Wildman–Crippen MR) is 121 cm³/mol. The Kier molecular flexibility index (Phi) is 7.07. The number of rotatable bonds is 6. The van der Waals surface area contributed by atoms with Gasteiger partial charge in [0.25, 0.3) is 0 Å². The molecule has 0 aromatic carbocycles. The molecule has 1 nitrogen and oxygen atoms in total. The van der Waals surface area contributed by atoms with Crippen molar-refractivity contribution < 1.29 is 5.11 Å². The summed E-state index contributed by atoms with van der Waals surface area (Å²) in [6, 6.07) is 0. The first-order valence-corrected chi connectivity index (χ1v) is 11.7. The molecular formula is C27H42O.